The topological polar surface area (TPSA) is 47.0 Å². The monoisotopic (exact) mass is 277 g/mol. The van der Waals surface area contributed by atoms with Gasteiger partial charge in [0.1, 0.15) is 5.75 Å². The lowest BCUT2D eigenvalue weighted by Gasteiger charge is -2.08. The highest BCUT2D eigenvalue weighted by molar-refractivity contribution is 6.30. The molecule has 0 fully saturated rings. The molecule has 0 atom stereocenters. The molecule has 0 aliphatic heterocycles. The van der Waals surface area contributed by atoms with Gasteiger partial charge in [0.15, 0.2) is 0 Å². The summed E-state index contributed by atoms with van der Waals surface area (Å²) in [5.74, 6) is 0.664. The van der Waals surface area contributed by atoms with Crippen molar-refractivity contribution in [3.05, 3.63) is 47.2 Å². The van der Waals surface area contributed by atoms with Gasteiger partial charge in [-0.1, -0.05) is 25.4 Å². The number of aromatic nitrogens is 2. The zero-order chi connectivity index (χ0) is 13.7. The van der Waals surface area contributed by atoms with Crippen LogP contribution in [0.4, 0.5) is 0 Å². The highest BCUT2D eigenvalue weighted by Gasteiger charge is 2.01. The van der Waals surface area contributed by atoms with Crippen LogP contribution < -0.4 is 10.1 Å². The number of nitrogens with zero attached hydrogens (tertiary/aromatic N) is 2. The molecule has 0 aliphatic rings. The Hall–Kier alpha value is -1.65. The van der Waals surface area contributed by atoms with Crippen molar-refractivity contribution in [3.63, 3.8) is 0 Å². The first-order chi connectivity index (χ1) is 9.13. The fourth-order valence-electron chi connectivity index (χ4n) is 1.42. The second-order valence-electron chi connectivity index (χ2n) is 4.47. The van der Waals surface area contributed by atoms with Crippen LogP contribution in [0.3, 0.4) is 0 Å². The van der Waals surface area contributed by atoms with E-state index in [0.29, 0.717) is 22.8 Å². The summed E-state index contributed by atoms with van der Waals surface area (Å²) >= 11 is 5.80. The van der Waals surface area contributed by atoms with Crippen molar-refractivity contribution in [2.45, 2.75) is 26.4 Å². The molecule has 0 saturated heterocycles. The minimum absolute atomic E-state index is 0.329. The van der Waals surface area contributed by atoms with E-state index >= 15 is 0 Å². The van der Waals surface area contributed by atoms with E-state index in [1.54, 1.807) is 36.7 Å². The lowest BCUT2D eigenvalue weighted by molar-refractivity contribution is 0.440. The minimum atomic E-state index is 0.329. The van der Waals surface area contributed by atoms with Crippen LogP contribution >= 0.6 is 11.6 Å². The second-order valence-corrected chi connectivity index (χ2v) is 4.90. The smallest absolute Gasteiger partial charge is 0.321 e. The molecule has 0 unspecified atom stereocenters. The Morgan fingerprint density at radius 2 is 1.79 bits per heavy atom. The maximum absolute atomic E-state index is 5.80. The molecule has 4 nitrogen and oxygen atoms in total. The van der Waals surface area contributed by atoms with Gasteiger partial charge < -0.3 is 10.1 Å². The summed E-state index contributed by atoms with van der Waals surface area (Å²) in [6.07, 6.45) is 3.52. The molecule has 5 heteroatoms. The number of hydrogen-bond acceptors (Lipinski definition) is 4. The molecule has 0 radical (unpaired) electrons. The third-order valence-corrected chi connectivity index (χ3v) is 2.67. The maximum atomic E-state index is 5.80. The normalized spacial score (nSPS) is 10.7. The molecule has 2 rings (SSSR count). The minimum Gasteiger partial charge on any atom is -0.424 e. The number of halogens is 1. The summed E-state index contributed by atoms with van der Waals surface area (Å²) < 4.78 is 5.51. The lowest BCUT2D eigenvalue weighted by Crippen LogP contribution is -2.21. The Morgan fingerprint density at radius 3 is 2.37 bits per heavy atom. The Morgan fingerprint density at radius 1 is 1.16 bits per heavy atom. The van der Waals surface area contributed by atoms with Gasteiger partial charge >= 0.3 is 6.01 Å². The van der Waals surface area contributed by atoms with Gasteiger partial charge in [-0.15, -0.1) is 0 Å². The van der Waals surface area contributed by atoms with Crippen molar-refractivity contribution >= 4 is 11.6 Å². The summed E-state index contributed by atoms with van der Waals surface area (Å²) in [6.45, 7) is 4.94. The summed E-state index contributed by atoms with van der Waals surface area (Å²) in [5, 5.41) is 3.97. The fraction of sp³-hybridized carbons (Fsp3) is 0.286. The molecule has 0 bridgehead atoms. The predicted molar refractivity (Wildman–Crippen MR) is 75.5 cm³/mol. The van der Waals surface area contributed by atoms with E-state index in [-0.39, 0.29) is 0 Å². The molecule has 100 valence electrons. The first-order valence-electron chi connectivity index (χ1n) is 6.11. The van der Waals surface area contributed by atoms with Gasteiger partial charge in [0.05, 0.1) is 0 Å². The van der Waals surface area contributed by atoms with E-state index in [4.69, 9.17) is 16.3 Å². The Labute approximate surface area is 117 Å². The van der Waals surface area contributed by atoms with Crippen LogP contribution in [-0.2, 0) is 6.54 Å². The second kappa shape index (κ2) is 6.50. The largest absolute Gasteiger partial charge is 0.424 e. The molecule has 2 aromatic rings. The van der Waals surface area contributed by atoms with Crippen LogP contribution in [0.15, 0.2) is 36.7 Å². The number of rotatable bonds is 5. The molecular weight excluding hydrogens is 262 g/mol. The number of ether oxygens (including phenoxy) is 1. The van der Waals surface area contributed by atoms with Gasteiger partial charge in [0.25, 0.3) is 0 Å². The van der Waals surface area contributed by atoms with E-state index in [2.05, 4.69) is 29.1 Å². The number of nitrogens with one attached hydrogen (secondary N) is 1. The van der Waals surface area contributed by atoms with Crippen LogP contribution in [0.5, 0.6) is 11.8 Å². The average molecular weight is 278 g/mol. The summed E-state index contributed by atoms with van der Waals surface area (Å²) in [5.41, 5.74) is 1.03. The molecule has 1 heterocycles. The first kappa shape index (κ1) is 13.8. The fourth-order valence-corrected chi connectivity index (χ4v) is 1.54. The molecule has 0 aliphatic carbocycles. The quantitative estimate of drug-likeness (QED) is 0.910. The van der Waals surface area contributed by atoms with E-state index in [1.165, 1.54) is 0 Å². The SMILES string of the molecule is CC(C)NCc1cnc(Oc2ccc(Cl)cc2)nc1. The first-order valence-corrected chi connectivity index (χ1v) is 6.49. The molecule has 0 saturated carbocycles. The van der Waals surface area contributed by atoms with Crippen molar-refractivity contribution < 1.29 is 4.74 Å². The van der Waals surface area contributed by atoms with Crippen LogP contribution in [0.2, 0.25) is 5.02 Å². The molecule has 1 aromatic heterocycles. The Balaban J connectivity index is 1.96. The zero-order valence-electron chi connectivity index (χ0n) is 10.9. The predicted octanol–water partition coefficient (Wildman–Crippen LogP) is 3.42. The standard InChI is InChI=1S/C14H16ClN3O/c1-10(2)16-7-11-8-17-14(18-9-11)19-13-5-3-12(15)4-6-13/h3-6,8-10,16H,7H2,1-2H3. The average Bonchev–Trinajstić information content (AvgIpc) is 2.40. The van der Waals surface area contributed by atoms with Gasteiger partial charge in [0, 0.05) is 35.6 Å². The Kier molecular flexibility index (Phi) is 4.71. The molecule has 19 heavy (non-hydrogen) atoms. The third kappa shape index (κ3) is 4.50. The lowest BCUT2D eigenvalue weighted by atomic mass is 10.3. The van der Waals surface area contributed by atoms with E-state index in [0.717, 1.165) is 12.1 Å². The van der Waals surface area contributed by atoms with Gasteiger partial charge in [-0.25, -0.2) is 9.97 Å². The molecular formula is C14H16ClN3O. The molecule has 1 aromatic carbocycles. The van der Waals surface area contributed by atoms with E-state index in [1.807, 2.05) is 0 Å². The Bertz CT molecular complexity index is 511. The van der Waals surface area contributed by atoms with Crippen molar-refractivity contribution in [3.8, 4) is 11.8 Å². The molecule has 0 amide bonds. The summed E-state index contributed by atoms with van der Waals surface area (Å²) in [4.78, 5) is 8.34. The molecule has 1 N–H and O–H groups in total. The third-order valence-electron chi connectivity index (χ3n) is 2.42. The van der Waals surface area contributed by atoms with Crippen LogP contribution in [0, 0.1) is 0 Å². The van der Waals surface area contributed by atoms with Gasteiger partial charge in [-0.05, 0) is 24.3 Å². The maximum Gasteiger partial charge on any atom is 0.321 e. The van der Waals surface area contributed by atoms with Gasteiger partial charge in [0.2, 0.25) is 0 Å². The highest BCUT2D eigenvalue weighted by atomic mass is 35.5. The van der Waals surface area contributed by atoms with E-state index in [9.17, 15) is 0 Å². The van der Waals surface area contributed by atoms with Gasteiger partial charge in [-0.2, -0.15) is 0 Å². The highest BCUT2D eigenvalue weighted by Crippen LogP contribution is 2.19. The van der Waals surface area contributed by atoms with Crippen molar-refractivity contribution in [2.24, 2.45) is 0 Å². The number of hydrogen-bond donors (Lipinski definition) is 1. The van der Waals surface area contributed by atoms with Gasteiger partial charge in [-0.3, -0.25) is 0 Å². The summed E-state index contributed by atoms with van der Waals surface area (Å²) in [6, 6.07) is 7.84. The van der Waals surface area contributed by atoms with E-state index < -0.39 is 0 Å². The van der Waals surface area contributed by atoms with Crippen molar-refractivity contribution in [1.82, 2.24) is 15.3 Å². The van der Waals surface area contributed by atoms with Crippen LogP contribution in [0.1, 0.15) is 19.4 Å². The van der Waals surface area contributed by atoms with Crippen molar-refractivity contribution in [1.29, 1.82) is 0 Å². The molecule has 0 spiro atoms. The zero-order valence-corrected chi connectivity index (χ0v) is 11.7. The summed E-state index contributed by atoms with van der Waals surface area (Å²) in [7, 11) is 0. The van der Waals surface area contributed by atoms with Crippen molar-refractivity contribution in [2.75, 3.05) is 0 Å². The van der Waals surface area contributed by atoms with Crippen LogP contribution in [0.25, 0.3) is 0 Å². The number of benzene rings is 1. The van der Waals surface area contributed by atoms with Crippen LogP contribution in [-0.4, -0.2) is 16.0 Å².